The molecule has 0 saturated carbocycles. The van der Waals surface area contributed by atoms with Crippen LogP contribution in [-0.2, 0) is 0 Å². The Hall–Kier alpha value is -0.260. The molecule has 0 heteroatoms. The zero-order chi connectivity index (χ0) is 15.1. The first-order valence-corrected chi connectivity index (χ1v) is 9.21. The zero-order valence-corrected chi connectivity index (χ0v) is 14.8. The van der Waals surface area contributed by atoms with Crippen LogP contribution >= 0.6 is 0 Å². The fourth-order valence-electron chi connectivity index (χ4n) is 2.55. The molecule has 0 atom stereocenters. The van der Waals surface area contributed by atoms with E-state index in [1.807, 2.05) is 0 Å². The van der Waals surface area contributed by atoms with E-state index in [0.717, 1.165) is 0 Å². The van der Waals surface area contributed by atoms with E-state index in [-0.39, 0.29) is 0 Å². The van der Waals surface area contributed by atoms with Crippen molar-refractivity contribution in [1.29, 1.82) is 0 Å². The molecule has 0 spiro atoms. The Kier molecular flexibility index (Phi) is 13.5. The van der Waals surface area contributed by atoms with Gasteiger partial charge in [-0.2, -0.15) is 0 Å². The normalized spacial score (nSPS) is 12.4. The molecule has 0 saturated heterocycles. The number of allylic oxidation sites excluding steroid dienone is 2. The highest BCUT2D eigenvalue weighted by Crippen LogP contribution is 2.22. The third kappa shape index (κ3) is 17.7. The highest BCUT2D eigenvalue weighted by Gasteiger charge is 2.08. The van der Waals surface area contributed by atoms with Gasteiger partial charge in [0.1, 0.15) is 0 Å². The van der Waals surface area contributed by atoms with E-state index in [9.17, 15) is 0 Å². The van der Waals surface area contributed by atoms with Gasteiger partial charge in [0.05, 0.1) is 0 Å². The van der Waals surface area contributed by atoms with E-state index >= 15 is 0 Å². The summed E-state index contributed by atoms with van der Waals surface area (Å²) in [6, 6.07) is 0. The van der Waals surface area contributed by atoms with E-state index < -0.39 is 0 Å². The zero-order valence-electron chi connectivity index (χ0n) is 14.8. The Morgan fingerprint density at radius 3 is 1.55 bits per heavy atom. The van der Waals surface area contributed by atoms with Gasteiger partial charge >= 0.3 is 0 Å². The van der Waals surface area contributed by atoms with Crippen LogP contribution in [0.15, 0.2) is 12.2 Å². The number of unbranched alkanes of at least 4 members (excludes halogenated alkanes) is 10. The Labute approximate surface area is 129 Å². The molecule has 120 valence electrons. The van der Waals surface area contributed by atoms with Crippen molar-refractivity contribution in [2.45, 2.75) is 111 Å². The summed E-state index contributed by atoms with van der Waals surface area (Å²) < 4.78 is 0. The molecule has 0 fully saturated rings. The third-order valence-electron chi connectivity index (χ3n) is 3.94. The molecule has 0 unspecified atom stereocenters. The van der Waals surface area contributed by atoms with Gasteiger partial charge in [-0.1, -0.05) is 91.2 Å². The Balaban J connectivity index is 3.13. The summed E-state index contributed by atoms with van der Waals surface area (Å²) in [5.74, 6) is 0. The first-order chi connectivity index (χ1) is 9.56. The predicted molar refractivity (Wildman–Crippen MR) is 94.3 cm³/mol. The lowest BCUT2D eigenvalue weighted by molar-refractivity contribution is 0.357. The van der Waals surface area contributed by atoms with Crippen molar-refractivity contribution in [2.75, 3.05) is 0 Å². The van der Waals surface area contributed by atoms with Crippen LogP contribution in [0.2, 0.25) is 0 Å². The quantitative estimate of drug-likeness (QED) is 0.240. The van der Waals surface area contributed by atoms with Crippen molar-refractivity contribution in [1.82, 2.24) is 0 Å². The summed E-state index contributed by atoms with van der Waals surface area (Å²) in [5.41, 5.74) is 0.525. The SMILES string of the molecule is CCCCCCCC/C=C/CCCCCCC(C)(C)C. The monoisotopic (exact) mass is 280 g/mol. The van der Waals surface area contributed by atoms with Crippen LogP contribution in [0.5, 0.6) is 0 Å². The summed E-state index contributed by atoms with van der Waals surface area (Å²) in [4.78, 5) is 0. The minimum Gasteiger partial charge on any atom is -0.0885 e. The Morgan fingerprint density at radius 2 is 1.05 bits per heavy atom. The minimum absolute atomic E-state index is 0.525. The molecule has 0 bridgehead atoms. The highest BCUT2D eigenvalue weighted by atomic mass is 14.1. The Bertz CT molecular complexity index is 207. The van der Waals surface area contributed by atoms with E-state index in [1.165, 1.54) is 83.5 Å². The number of hydrogen-bond acceptors (Lipinski definition) is 0. The number of hydrogen-bond donors (Lipinski definition) is 0. The molecular weight excluding hydrogens is 240 g/mol. The lowest BCUT2D eigenvalue weighted by atomic mass is 9.89. The molecule has 0 nitrogen and oxygen atoms in total. The van der Waals surface area contributed by atoms with Gasteiger partial charge in [0.2, 0.25) is 0 Å². The van der Waals surface area contributed by atoms with Crippen LogP contribution in [0, 0.1) is 5.41 Å². The molecule has 0 aliphatic rings. The molecule has 0 amide bonds. The van der Waals surface area contributed by atoms with Gasteiger partial charge in [-0.05, 0) is 37.5 Å². The maximum atomic E-state index is 2.41. The topological polar surface area (TPSA) is 0 Å². The molecule has 0 aliphatic heterocycles. The summed E-state index contributed by atoms with van der Waals surface area (Å²) in [6.45, 7) is 9.32. The molecule has 0 aromatic heterocycles. The predicted octanol–water partition coefficient (Wildman–Crippen LogP) is 7.68. The maximum absolute atomic E-state index is 2.41. The largest absolute Gasteiger partial charge is 0.0885 e. The minimum atomic E-state index is 0.525. The second-order valence-corrected chi connectivity index (χ2v) is 7.54. The molecule has 0 aromatic carbocycles. The van der Waals surface area contributed by atoms with Crippen molar-refractivity contribution in [2.24, 2.45) is 5.41 Å². The smallest absolute Gasteiger partial charge is 0.0351 e. The van der Waals surface area contributed by atoms with Crippen LogP contribution in [0.1, 0.15) is 111 Å². The second-order valence-electron chi connectivity index (χ2n) is 7.54. The molecule has 0 radical (unpaired) electrons. The van der Waals surface area contributed by atoms with Crippen LogP contribution in [0.4, 0.5) is 0 Å². The van der Waals surface area contributed by atoms with E-state index in [2.05, 4.69) is 39.8 Å². The van der Waals surface area contributed by atoms with Gasteiger partial charge in [-0.25, -0.2) is 0 Å². The summed E-state index contributed by atoms with van der Waals surface area (Å²) in [6.07, 6.45) is 22.9. The highest BCUT2D eigenvalue weighted by molar-refractivity contribution is 4.81. The molecule has 0 N–H and O–H groups in total. The first kappa shape index (κ1) is 19.7. The van der Waals surface area contributed by atoms with Crippen molar-refractivity contribution in [3.8, 4) is 0 Å². The lowest BCUT2D eigenvalue weighted by Crippen LogP contribution is -2.03. The van der Waals surface area contributed by atoms with Crippen molar-refractivity contribution in [3.05, 3.63) is 12.2 Å². The average Bonchev–Trinajstić information content (AvgIpc) is 2.38. The van der Waals surface area contributed by atoms with Crippen LogP contribution in [-0.4, -0.2) is 0 Å². The van der Waals surface area contributed by atoms with E-state index in [4.69, 9.17) is 0 Å². The van der Waals surface area contributed by atoms with Crippen LogP contribution < -0.4 is 0 Å². The van der Waals surface area contributed by atoms with E-state index in [0.29, 0.717) is 5.41 Å². The van der Waals surface area contributed by atoms with Gasteiger partial charge < -0.3 is 0 Å². The standard InChI is InChI=1S/C20H40/c1-5-6-7-8-9-10-11-12-13-14-15-16-17-18-19-20(2,3)4/h12-13H,5-11,14-19H2,1-4H3/b13-12+. The van der Waals surface area contributed by atoms with Gasteiger partial charge in [0.15, 0.2) is 0 Å². The van der Waals surface area contributed by atoms with E-state index in [1.54, 1.807) is 0 Å². The first-order valence-electron chi connectivity index (χ1n) is 9.21. The van der Waals surface area contributed by atoms with Gasteiger partial charge in [-0.3, -0.25) is 0 Å². The third-order valence-corrected chi connectivity index (χ3v) is 3.94. The Morgan fingerprint density at radius 1 is 0.600 bits per heavy atom. The molecule has 20 heavy (non-hydrogen) atoms. The molecular formula is C20H40. The van der Waals surface area contributed by atoms with Gasteiger partial charge in [-0.15, -0.1) is 0 Å². The average molecular weight is 281 g/mol. The maximum Gasteiger partial charge on any atom is -0.0351 e. The van der Waals surface area contributed by atoms with Crippen molar-refractivity contribution in [3.63, 3.8) is 0 Å². The fraction of sp³-hybridized carbons (Fsp3) is 0.900. The molecule has 0 heterocycles. The lowest BCUT2D eigenvalue weighted by Gasteiger charge is -2.17. The van der Waals surface area contributed by atoms with Crippen molar-refractivity contribution >= 4 is 0 Å². The molecule has 0 aromatic rings. The van der Waals surface area contributed by atoms with Crippen LogP contribution in [0.3, 0.4) is 0 Å². The van der Waals surface area contributed by atoms with Gasteiger partial charge in [0, 0.05) is 0 Å². The van der Waals surface area contributed by atoms with Gasteiger partial charge in [0.25, 0.3) is 0 Å². The fourth-order valence-corrected chi connectivity index (χ4v) is 2.55. The van der Waals surface area contributed by atoms with Crippen LogP contribution in [0.25, 0.3) is 0 Å². The molecule has 0 aliphatic carbocycles. The summed E-state index contributed by atoms with van der Waals surface area (Å²) >= 11 is 0. The second kappa shape index (κ2) is 13.7. The number of rotatable bonds is 13. The molecule has 0 rings (SSSR count). The van der Waals surface area contributed by atoms with Crippen molar-refractivity contribution < 1.29 is 0 Å². The summed E-state index contributed by atoms with van der Waals surface area (Å²) in [5, 5.41) is 0. The summed E-state index contributed by atoms with van der Waals surface area (Å²) in [7, 11) is 0.